The summed E-state index contributed by atoms with van der Waals surface area (Å²) in [7, 11) is 0. The van der Waals surface area contributed by atoms with Crippen molar-refractivity contribution in [2.24, 2.45) is 11.8 Å². The van der Waals surface area contributed by atoms with Crippen LogP contribution in [0.2, 0.25) is 5.31 Å². The van der Waals surface area contributed by atoms with Gasteiger partial charge in [0.2, 0.25) is 6.71 Å². The Kier molecular flexibility index (Phi) is 8.66. The Hall–Kier alpha value is -2.51. The molecular formula is C30H31BN2Pt. The second-order valence-corrected chi connectivity index (χ2v) is 9.54. The van der Waals surface area contributed by atoms with E-state index in [9.17, 15) is 0 Å². The molecular weight excluding hydrogens is 594 g/mol. The predicted octanol–water partition coefficient (Wildman–Crippen LogP) is 6.09. The van der Waals surface area contributed by atoms with E-state index in [1.807, 2.05) is 60.9 Å². The van der Waals surface area contributed by atoms with E-state index in [2.05, 4.69) is 81.0 Å². The Morgan fingerprint density at radius 2 is 1.12 bits per heavy atom. The maximum atomic E-state index is 4.62. The van der Waals surface area contributed by atoms with Gasteiger partial charge in [-0.1, -0.05) is 46.8 Å². The minimum Gasteiger partial charge on any atom is -0.255 e. The van der Waals surface area contributed by atoms with Gasteiger partial charge in [0.05, 0.1) is 11.4 Å². The first-order valence-corrected chi connectivity index (χ1v) is 11.8. The molecule has 0 saturated carbocycles. The molecule has 0 spiro atoms. The molecule has 34 heavy (non-hydrogen) atoms. The van der Waals surface area contributed by atoms with Gasteiger partial charge in [-0.15, -0.1) is 12.1 Å². The van der Waals surface area contributed by atoms with Crippen LogP contribution in [0.25, 0.3) is 22.5 Å². The summed E-state index contributed by atoms with van der Waals surface area (Å²) < 4.78 is 0. The molecule has 0 bridgehead atoms. The standard InChI is InChI=1S/C18H23BN2.C12H8.Pt/c1-12(2)18(5,13(3)4)19-14-8-6-10-20-16(14)17-15(19)9-7-11-21-17;1-3-7-11(8-4-1)12-9-5-2-6-10-12;/h6-13H,1-5H3;1-7,9H;/q;-2;+2. The Labute approximate surface area is 219 Å². The van der Waals surface area contributed by atoms with Crippen molar-refractivity contribution in [3.05, 3.63) is 97.3 Å². The summed E-state index contributed by atoms with van der Waals surface area (Å²) in [6.07, 6.45) is 3.75. The minimum absolute atomic E-state index is 0. The predicted molar refractivity (Wildman–Crippen MR) is 140 cm³/mol. The number of benzene rings is 2. The molecule has 0 saturated heterocycles. The molecule has 1 aliphatic rings. The zero-order valence-electron chi connectivity index (χ0n) is 20.5. The first-order chi connectivity index (χ1) is 15.9. The summed E-state index contributed by atoms with van der Waals surface area (Å²) in [5.74, 6) is 1.17. The number of hydrogen-bond acceptors (Lipinski definition) is 2. The summed E-state index contributed by atoms with van der Waals surface area (Å²) >= 11 is 0. The van der Waals surface area contributed by atoms with E-state index < -0.39 is 0 Å². The Morgan fingerprint density at radius 1 is 0.676 bits per heavy atom. The number of nitrogens with zero attached hydrogens (tertiary/aromatic N) is 2. The zero-order valence-corrected chi connectivity index (χ0v) is 22.8. The molecule has 2 aromatic carbocycles. The van der Waals surface area contributed by atoms with Gasteiger partial charge in [-0.05, 0) is 40.2 Å². The topological polar surface area (TPSA) is 25.8 Å². The van der Waals surface area contributed by atoms with Crippen LogP contribution in [0.5, 0.6) is 0 Å². The van der Waals surface area contributed by atoms with Gasteiger partial charge in [0, 0.05) is 12.4 Å². The number of hydrogen-bond donors (Lipinski definition) is 0. The van der Waals surface area contributed by atoms with Crippen molar-refractivity contribution < 1.29 is 21.1 Å². The van der Waals surface area contributed by atoms with Crippen molar-refractivity contribution in [1.29, 1.82) is 0 Å². The van der Waals surface area contributed by atoms with E-state index >= 15 is 0 Å². The van der Waals surface area contributed by atoms with Crippen LogP contribution in [0.4, 0.5) is 0 Å². The van der Waals surface area contributed by atoms with Gasteiger partial charge in [-0.2, -0.15) is 48.5 Å². The van der Waals surface area contributed by atoms with Gasteiger partial charge >= 0.3 is 21.1 Å². The first kappa shape index (κ1) is 26.1. The summed E-state index contributed by atoms with van der Waals surface area (Å²) in [5.41, 5.74) is 7.03. The molecule has 4 heteroatoms. The second kappa shape index (κ2) is 11.3. The fourth-order valence-electron chi connectivity index (χ4n) is 4.99. The summed E-state index contributed by atoms with van der Waals surface area (Å²) in [6.45, 7) is 12.2. The molecule has 0 atom stereocenters. The molecule has 0 radical (unpaired) electrons. The van der Waals surface area contributed by atoms with E-state index in [-0.39, 0.29) is 26.4 Å². The minimum atomic E-state index is 0. The Bertz CT molecular complexity index is 1100. The molecule has 0 aliphatic carbocycles. The molecule has 0 unspecified atom stereocenters. The summed E-state index contributed by atoms with van der Waals surface area (Å²) in [6, 6.07) is 30.7. The van der Waals surface area contributed by atoms with E-state index in [4.69, 9.17) is 0 Å². The molecule has 0 N–H and O–H groups in total. The summed E-state index contributed by atoms with van der Waals surface area (Å²) in [5, 5.41) is 0.187. The molecule has 174 valence electrons. The molecule has 4 aromatic rings. The van der Waals surface area contributed by atoms with Gasteiger partial charge < -0.3 is 0 Å². The zero-order chi connectivity index (χ0) is 23.4. The third-order valence-electron chi connectivity index (χ3n) is 7.34. The average molecular weight is 625 g/mol. The van der Waals surface area contributed by atoms with Gasteiger partial charge in [-0.3, -0.25) is 9.97 Å². The van der Waals surface area contributed by atoms with Crippen molar-refractivity contribution in [2.45, 2.75) is 39.9 Å². The van der Waals surface area contributed by atoms with Crippen molar-refractivity contribution in [3.8, 4) is 22.5 Å². The van der Waals surface area contributed by atoms with Crippen molar-refractivity contribution in [2.75, 3.05) is 0 Å². The van der Waals surface area contributed by atoms with E-state index in [1.165, 1.54) is 10.9 Å². The number of fused-ring (bicyclic) bond motifs is 3. The molecule has 3 heterocycles. The molecule has 0 fully saturated rings. The largest absolute Gasteiger partial charge is 2.00 e. The van der Waals surface area contributed by atoms with Gasteiger partial charge in [0.15, 0.2) is 0 Å². The molecule has 0 amide bonds. The molecule has 5 rings (SSSR count). The average Bonchev–Trinajstić information content (AvgIpc) is 3.20. The quantitative estimate of drug-likeness (QED) is 0.203. The maximum Gasteiger partial charge on any atom is 2.00 e. The van der Waals surface area contributed by atoms with Crippen LogP contribution in [0.1, 0.15) is 34.6 Å². The van der Waals surface area contributed by atoms with E-state index in [0.29, 0.717) is 18.5 Å². The van der Waals surface area contributed by atoms with Crippen LogP contribution in [-0.4, -0.2) is 16.7 Å². The first-order valence-electron chi connectivity index (χ1n) is 11.8. The van der Waals surface area contributed by atoms with Crippen molar-refractivity contribution >= 4 is 17.6 Å². The van der Waals surface area contributed by atoms with Gasteiger partial charge in [0.25, 0.3) is 0 Å². The Morgan fingerprint density at radius 3 is 1.47 bits per heavy atom. The third-order valence-corrected chi connectivity index (χ3v) is 7.34. The SMILES string of the molecule is CC(C)C(C)(B1c2cccnc2-c2ncccc21)C(C)C.[Pt+2].[c-]1ccccc1-c1[c-]cccc1. The number of pyridine rings is 2. The number of aromatic nitrogens is 2. The normalized spacial score (nSPS) is 11.9. The number of rotatable bonds is 4. The van der Waals surface area contributed by atoms with Gasteiger partial charge in [0.1, 0.15) is 0 Å². The van der Waals surface area contributed by atoms with Crippen LogP contribution < -0.4 is 10.9 Å². The molecule has 2 nitrogen and oxygen atoms in total. The van der Waals surface area contributed by atoms with Crippen molar-refractivity contribution in [1.82, 2.24) is 9.97 Å². The summed E-state index contributed by atoms with van der Waals surface area (Å²) in [4.78, 5) is 9.24. The smallest absolute Gasteiger partial charge is 0.255 e. The van der Waals surface area contributed by atoms with Crippen LogP contribution in [0, 0.1) is 24.0 Å². The van der Waals surface area contributed by atoms with E-state index in [1.54, 1.807) is 0 Å². The van der Waals surface area contributed by atoms with Crippen molar-refractivity contribution in [3.63, 3.8) is 0 Å². The van der Waals surface area contributed by atoms with E-state index in [0.717, 1.165) is 22.5 Å². The monoisotopic (exact) mass is 625 g/mol. The van der Waals surface area contributed by atoms with Crippen LogP contribution >= 0.6 is 0 Å². The van der Waals surface area contributed by atoms with Gasteiger partial charge in [-0.25, -0.2) is 11.1 Å². The van der Waals surface area contributed by atoms with Crippen LogP contribution in [0.15, 0.2) is 85.2 Å². The molecule has 2 aromatic heterocycles. The van der Waals surface area contributed by atoms with Crippen LogP contribution in [-0.2, 0) is 21.1 Å². The maximum absolute atomic E-state index is 4.62. The molecule has 1 aliphatic heterocycles. The second-order valence-electron chi connectivity index (χ2n) is 9.54. The fourth-order valence-corrected chi connectivity index (χ4v) is 4.99. The fraction of sp³-hybridized carbons (Fsp3) is 0.267. The Balaban J connectivity index is 0.000000212. The van der Waals surface area contributed by atoms with Crippen LogP contribution in [0.3, 0.4) is 0 Å². The third kappa shape index (κ3) is 4.96.